The molecule has 1 amide bonds. The average Bonchev–Trinajstić information content (AvgIpc) is 2.86. The van der Waals surface area contributed by atoms with Crippen molar-refractivity contribution in [3.63, 3.8) is 0 Å². The van der Waals surface area contributed by atoms with Crippen molar-refractivity contribution in [2.24, 2.45) is 0 Å². The van der Waals surface area contributed by atoms with Crippen LogP contribution in [0.1, 0.15) is 24.2 Å². The minimum absolute atomic E-state index is 0.233. The molecule has 4 rings (SSSR count). The summed E-state index contributed by atoms with van der Waals surface area (Å²) in [6, 6.07) is 17.5. The Kier molecular flexibility index (Phi) is 6.84. The van der Waals surface area contributed by atoms with Gasteiger partial charge >= 0.3 is 0 Å². The van der Waals surface area contributed by atoms with Crippen LogP contribution in [0.5, 0.6) is 0 Å². The molecule has 0 aliphatic carbocycles. The third-order valence-electron chi connectivity index (χ3n) is 5.81. The molecule has 1 unspecified atom stereocenters. The summed E-state index contributed by atoms with van der Waals surface area (Å²) < 4.78 is 5.90. The van der Waals surface area contributed by atoms with Crippen LogP contribution in [-0.4, -0.2) is 59.1 Å². The molecule has 1 aromatic heterocycles. The van der Waals surface area contributed by atoms with Gasteiger partial charge in [0.2, 0.25) is 0 Å². The zero-order chi connectivity index (χ0) is 23.4. The second-order valence-corrected chi connectivity index (χ2v) is 8.14. The Hall–Kier alpha value is -3.51. The van der Waals surface area contributed by atoms with Crippen LogP contribution in [0.15, 0.2) is 60.8 Å². The summed E-state index contributed by atoms with van der Waals surface area (Å²) in [5, 5.41) is 33.4. The van der Waals surface area contributed by atoms with Gasteiger partial charge in [-0.1, -0.05) is 30.3 Å². The number of nitrogens with one attached hydrogen (secondary N) is 1. The number of ether oxygens (including phenoxy) is 1. The van der Waals surface area contributed by atoms with Crippen molar-refractivity contribution in [1.29, 1.82) is 5.26 Å². The second kappa shape index (κ2) is 9.96. The average molecular weight is 447 g/mol. The van der Waals surface area contributed by atoms with Gasteiger partial charge in [-0.25, -0.2) is 0 Å². The fourth-order valence-corrected chi connectivity index (χ4v) is 4.20. The first-order valence-electron chi connectivity index (χ1n) is 10.8. The lowest BCUT2D eigenvalue weighted by Gasteiger charge is -2.38. The Labute approximate surface area is 192 Å². The molecule has 33 heavy (non-hydrogen) atoms. The van der Waals surface area contributed by atoms with E-state index in [1.54, 1.807) is 36.5 Å². The molecular formula is C25H26N4O4. The van der Waals surface area contributed by atoms with Crippen LogP contribution in [-0.2, 0) is 9.53 Å². The number of nitrogens with zero attached hydrogens (tertiary/aromatic N) is 3. The minimum Gasteiger partial charge on any atom is -0.394 e. The smallest absolute Gasteiger partial charge is 0.251 e. The molecule has 1 aliphatic rings. The maximum atomic E-state index is 13.0. The Morgan fingerprint density at radius 3 is 2.76 bits per heavy atom. The molecule has 3 aromatic rings. The molecule has 4 atom stereocenters. The molecule has 2 heterocycles. The molecule has 0 bridgehead atoms. The quantitative estimate of drug-likeness (QED) is 0.529. The summed E-state index contributed by atoms with van der Waals surface area (Å²) in [7, 11) is 0. The number of fused-ring (bicyclic) bond motifs is 1. The van der Waals surface area contributed by atoms with Crippen LogP contribution in [0.4, 0.5) is 5.69 Å². The number of aliphatic hydroxyl groups is 2. The maximum absolute atomic E-state index is 13.0. The van der Waals surface area contributed by atoms with E-state index in [0.29, 0.717) is 23.2 Å². The zero-order valence-corrected chi connectivity index (χ0v) is 18.3. The number of morpholine rings is 1. The lowest BCUT2D eigenvalue weighted by Crippen LogP contribution is -2.55. The molecule has 1 saturated heterocycles. The number of anilines is 1. The van der Waals surface area contributed by atoms with Crippen molar-refractivity contribution in [2.45, 2.75) is 31.3 Å². The van der Waals surface area contributed by atoms with E-state index in [9.17, 15) is 20.3 Å². The Morgan fingerprint density at radius 2 is 2.03 bits per heavy atom. The van der Waals surface area contributed by atoms with Gasteiger partial charge in [-0.2, -0.15) is 5.26 Å². The summed E-state index contributed by atoms with van der Waals surface area (Å²) >= 11 is 0. The van der Waals surface area contributed by atoms with Crippen LogP contribution in [0.3, 0.4) is 0 Å². The number of rotatable bonds is 6. The highest BCUT2D eigenvalue weighted by molar-refractivity contribution is 5.95. The molecule has 2 aromatic carbocycles. The maximum Gasteiger partial charge on any atom is 0.251 e. The van der Waals surface area contributed by atoms with Gasteiger partial charge in [0.25, 0.3) is 5.91 Å². The summed E-state index contributed by atoms with van der Waals surface area (Å²) in [4.78, 5) is 19.5. The van der Waals surface area contributed by atoms with Crippen LogP contribution >= 0.6 is 0 Å². The fourth-order valence-electron chi connectivity index (χ4n) is 4.20. The van der Waals surface area contributed by atoms with Crippen molar-refractivity contribution in [1.82, 2.24) is 10.3 Å². The number of carbonyl (C=O) groups is 1. The van der Waals surface area contributed by atoms with Crippen LogP contribution in [0.2, 0.25) is 0 Å². The molecule has 0 saturated carbocycles. The first-order valence-corrected chi connectivity index (χ1v) is 10.8. The van der Waals surface area contributed by atoms with Gasteiger partial charge in [0.1, 0.15) is 12.2 Å². The molecule has 3 N–H and O–H groups in total. The van der Waals surface area contributed by atoms with E-state index < -0.39 is 30.8 Å². The fraction of sp³-hybridized carbons (Fsp3) is 0.320. The number of hydrogen-bond donors (Lipinski definition) is 3. The molecule has 0 radical (unpaired) electrons. The molecule has 0 spiro atoms. The highest BCUT2D eigenvalue weighted by Crippen LogP contribution is 2.30. The molecule has 170 valence electrons. The molecule has 8 heteroatoms. The minimum atomic E-state index is -1.05. The van der Waals surface area contributed by atoms with E-state index in [4.69, 9.17) is 4.74 Å². The number of hydrogen-bond acceptors (Lipinski definition) is 7. The first-order chi connectivity index (χ1) is 16.0. The zero-order valence-electron chi connectivity index (χ0n) is 18.3. The monoisotopic (exact) mass is 446 g/mol. The summed E-state index contributed by atoms with van der Waals surface area (Å²) in [6.45, 7) is 2.32. The van der Waals surface area contributed by atoms with Gasteiger partial charge in [0, 0.05) is 23.8 Å². The molecule has 8 nitrogen and oxygen atoms in total. The van der Waals surface area contributed by atoms with Crippen molar-refractivity contribution in [2.75, 3.05) is 24.6 Å². The number of benzene rings is 2. The van der Waals surface area contributed by atoms with E-state index >= 15 is 0 Å². The second-order valence-electron chi connectivity index (χ2n) is 8.14. The highest BCUT2D eigenvalue weighted by atomic mass is 16.5. The topological polar surface area (TPSA) is 119 Å². The molecular weight excluding hydrogens is 420 g/mol. The molecule has 1 aliphatic heterocycles. The molecule has 1 fully saturated rings. The van der Waals surface area contributed by atoms with Gasteiger partial charge < -0.3 is 25.2 Å². The SMILES string of the molecule is C[C@@H]1CN(c2ccc(C#N)c3ncccc23)C[C@H](C(=O)NC(CO)[C@@H](O)c2ccccc2)O1. The standard InChI is InChI=1S/C25H26N4O4/c1-16-13-29(21-10-9-18(12-26)23-19(21)8-5-11-27-23)14-22(33-16)25(32)28-20(15-30)24(31)17-6-3-2-4-7-17/h2-11,16,20,22,24,30-31H,13-15H2,1H3,(H,28,32)/t16-,20?,22-,24+/m1/s1. The summed E-state index contributed by atoms with van der Waals surface area (Å²) in [6.07, 6.45) is -0.430. The Balaban J connectivity index is 1.54. The summed E-state index contributed by atoms with van der Waals surface area (Å²) in [5.41, 5.74) is 2.58. The number of amides is 1. The van der Waals surface area contributed by atoms with Gasteiger partial charge in [-0.15, -0.1) is 0 Å². The highest BCUT2D eigenvalue weighted by Gasteiger charge is 2.33. The van der Waals surface area contributed by atoms with Gasteiger partial charge in [0.05, 0.1) is 36.4 Å². The van der Waals surface area contributed by atoms with E-state index in [1.165, 1.54) is 0 Å². The lowest BCUT2D eigenvalue weighted by atomic mass is 10.0. The number of aliphatic hydroxyl groups excluding tert-OH is 2. The van der Waals surface area contributed by atoms with E-state index in [1.807, 2.05) is 36.1 Å². The number of aromatic nitrogens is 1. The predicted octanol–water partition coefficient (Wildman–Crippen LogP) is 1.91. The van der Waals surface area contributed by atoms with Gasteiger partial charge in [0.15, 0.2) is 6.10 Å². The van der Waals surface area contributed by atoms with Gasteiger partial charge in [-0.3, -0.25) is 9.78 Å². The Bertz CT molecular complexity index is 1160. The number of pyridine rings is 1. The number of nitriles is 1. The first kappa shape index (κ1) is 22.7. The van der Waals surface area contributed by atoms with Crippen LogP contribution in [0, 0.1) is 11.3 Å². The van der Waals surface area contributed by atoms with Crippen molar-refractivity contribution >= 4 is 22.5 Å². The lowest BCUT2D eigenvalue weighted by molar-refractivity contribution is -0.139. The van der Waals surface area contributed by atoms with E-state index in [-0.39, 0.29) is 12.6 Å². The van der Waals surface area contributed by atoms with Crippen molar-refractivity contribution in [3.05, 3.63) is 71.9 Å². The van der Waals surface area contributed by atoms with Crippen LogP contribution in [0.25, 0.3) is 10.9 Å². The van der Waals surface area contributed by atoms with E-state index in [0.717, 1.165) is 11.1 Å². The van der Waals surface area contributed by atoms with Crippen LogP contribution < -0.4 is 10.2 Å². The normalized spacial score (nSPS) is 20.1. The van der Waals surface area contributed by atoms with E-state index in [2.05, 4.69) is 16.4 Å². The third-order valence-corrected chi connectivity index (χ3v) is 5.81. The Morgan fingerprint density at radius 1 is 1.24 bits per heavy atom. The number of carbonyl (C=O) groups excluding carboxylic acids is 1. The predicted molar refractivity (Wildman–Crippen MR) is 123 cm³/mol. The van der Waals surface area contributed by atoms with Crippen molar-refractivity contribution in [3.8, 4) is 6.07 Å². The largest absolute Gasteiger partial charge is 0.394 e. The third kappa shape index (κ3) is 4.81. The van der Waals surface area contributed by atoms with Gasteiger partial charge in [-0.05, 0) is 36.8 Å². The summed E-state index contributed by atoms with van der Waals surface area (Å²) in [5.74, 6) is -0.406. The van der Waals surface area contributed by atoms with Crippen molar-refractivity contribution < 1.29 is 19.7 Å².